The van der Waals surface area contributed by atoms with E-state index in [0.29, 0.717) is 12.6 Å². The zero-order chi connectivity index (χ0) is 13.0. The van der Waals surface area contributed by atoms with E-state index in [1.165, 1.54) is 17.0 Å². The lowest BCUT2D eigenvalue weighted by Crippen LogP contribution is -2.22. The third-order valence-electron chi connectivity index (χ3n) is 3.80. The van der Waals surface area contributed by atoms with Gasteiger partial charge in [-0.2, -0.15) is 5.10 Å². The van der Waals surface area contributed by atoms with Crippen molar-refractivity contribution in [2.75, 3.05) is 19.8 Å². The summed E-state index contributed by atoms with van der Waals surface area (Å²) in [6, 6.07) is 0.519. The second-order valence-corrected chi connectivity index (χ2v) is 4.91. The minimum Gasteiger partial charge on any atom is -0.381 e. The zero-order valence-electron chi connectivity index (χ0n) is 11.6. The van der Waals surface area contributed by atoms with E-state index in [2.05, 4.69) is 18.5 Å². The summed E-state index contributed by atoms with van der Waals surface area (Å²) in [4.78, 5) is 0. The van der Waals surface area contributed by atoms with Crippen LogP contribution in [0.1, 0.15) is 49.7 Å². The molecule has 0 atom stereocenters. The van der Waals surface area contributed by atoms with Gasteiger partial charge >= 0.3 is 0 Å². The van der Waals surface area contributed by atoms with E-state index in [1.54, 1.807) is 0 Å². The number of nitrogens with two attached hydrogens (primary N) is 1. The fraction of sp³-hybridized carbons (Fsp3) is 0.786. The summed E-state index contributed by atoms with van der Waals surface area (Å²) >= 11 is 0. The molecule has 1 saturated heterocycles. The van der Waals surface area contributed by atoms with E-state index in [4.69, 9.17) is 15.6 Å². The molecule has 0 spiro atoms. The van der Waals surface area contributed by atoms with Crippen molar-refractivity contribution in [2.24, 2.45) is 5.73 Å². The molecule has 1 fully saturated rings. The molecule has 18 heavy (non-hydrogen) atoms. The maximum atomic E-state index is 5.74. The molecular formula is C14H25N3O. The molecule has 4 nitrogen and oxygen atoms in total. The Labute approximate surface area is 110 Å². The van der Waals surface area contributed by atoms with Crippen molar-refractivity contribution in [2.45, 2.75) is 52.0 Å². The Morgan fingerprint density at radius 3 is 2.56 bits per heavy atom. The van der Waals surface area contributed by atoms with Gasteiger partial charge in [-0.15, -0.1) is 0 Å². The maximum Gasteiger partial charge on any atom is 0.0657 e. The minimum absolute atomic E-state index is 0.519. The van der Waals surface area contributed by atoms with Crippen molar-refractivity contribution in [3.63, 3.8) is 0 Å². The molecule has 0 radical (unpaired) electrons. The SMILES string of the molecule is CCc1nn(C2CCOCC2)c(CC)c1CCN. The third kappa shape index (κ3) is 2.59. The molecule has 2 rings (SSSR count). The van der Waals surface area contributed by atoms with Crippen LogP contribution in [-0.2, 0) is 24.0 Å². The summed E-state index contributed by atoms with van der Waals surface area (Å²) in [5, 5.41) is 4.85. The Bertz CT molecular complexity index is 381. The van der Waals surface area contributed by atoms with Crippen molar-refractivity contribution in [3.8, 4) is 0 Å². The Balaban J connectivity index is 2.33. The fourth-order valence-corrected chi connectivity index (χ4v) is 2.88. The average Bonchev–Trinajstić information content (AvgIpc) is 2.78. The number of aromatic nitrogens is 2. The van der Waals surface area contributed by atoms with Gasteiger partial charge in [-0.05, 0) is 44.2 Å². The van der Waals surface area contributed by atoms with Crippen LogP contribution < -0.4 is 5.73 Å². The highest BCUT2D eigenvalue weighted by molar-refractivity contribution is 5.27. The molecular weight excluding hydrogens is 226 g/mol. The van der Waals surface area contributed by atoms with E-state index in [1.807, 2.05) is 0 Å². The van der Waals surface area contributed by atoms with Crippen molar-refractivity contribution < 1.29 is 4.74 Å². The lowest BCUT2D eigenvalue weighted by molar-refractivity contribution is 0.0653. The normalized spacial score (nSPS) is 17.3. The zero-order valence-corrected chi connectivity index (χ0v) is 11.6. The first-order valence-electron chi connectivity index (χ1n) is 7.18. The fourth-order valence-electron chi connectivity index (χ4n) is 2.88. The number of aryl methyl sites for hydroxylation is 1. The first kappa shape index (κ1) is 13.6. The molecule has 4 heteroatoms. The van der Waals surface area contributed by atoms with Crippen molar-refractivity contribution in [3.05, 3.63) is 17.0 Å². The molecule has 0 amide bonds. The molecule has 0 aromatic carbocycles. The van der Waals surface area contributed by atoms with Gasteiger partial charge in [0.25, 0.3) is 0 Å². The molecule has 1 aliphatic rings. The number of nitrogens with zero attached hydrogens (tertiary/aromatic N) is 2. The molecule has 1 aromatic heterocycles. The lowest BCUT2D eigenvalue weighted by atomic mass is 10.0. The van der Waals surface area contributed by atoms with Crippen LogP contribution in [0.2, 0.25) is 0 Å². The number of hydrogen-bond acceptors (Lipinski definition) is 3. The van der Waals surface area contributed by atoms with Gasteiger partial charge in [0, 0.05) is 18.9 Å². The van der Waals surface area contributed by atoms with Crippen LogP contribution in [0, 0.1) is 0 Å². The minimum atomic E-state index is 0.519. The third-order valence-corrected chi connectivity index (χ3v) is 3.80. The second kappa shape index (κ2) is 6.34. The summed E-state index contributed by atoms with van der Waals surface area (Å²) in [6.07, 6.45) is 5.16. The first-order valence-corrected chi connectivity index (χ1v) is 7.18. The molecule has 0 aliphatic carbocycles. The van der Waals surface area contributed by atoms with E-state index in [9.17, 15) is 0 Å². The summed E-state index contributed by atoms with van der Waals surface area (Å²) in [6.45, 7) is 6.82. The largest absolute Gasteiger partial charge is 0.381 e. The molecule has 0 bridgehead atoms. The standard InChI is InChI=1S/C14H25N3O/c1-3-13-12(5-8-15)14(4-2)17(16-13)11-6-9-18-10-7-11/h11H,3-10,15H2,1-2H3. The highest BCUT2D eigenvalue weighted by Crippen LogP contribution is 2.26. The topological polar surface area (TPSA) is 53.1 Å². The van der Waals surface area contributed by atoms with Crippen LogP contribution in [0.4, 0.5) is 0 Å². The number of hydrogen-bond donors (Lipinski definition) is 1. The monoisotopic (exact) mass is 251 g/mol. The van der Waals surface area contributed by atoms with E-state index in [-0.39, 0.29) is 0 Å². The summed E-state index contributed by atoms with van der Waals surface area (Å²) in [7, 11) is 0. The van der Waals surface area contributed by atoms with Crippen LogP contribution in [0.3, 0.4) is 0 Å². The molecule has 1 aromatic rings. The van der Waals surface area contributed by atoms with Gasteiger partial charge in [-0.3, -0.25) is 4.68 Å². The molecule has 0 unspecified atom stereocenters. The van der Waals surface area contributed by atoms with Crippen LogP contribution in [0.25, 0.3) is 0 Å². The highest BCUT2D eigenvalue weighted by Gasteiger charge is 2.22. The summed E-state index contributed by atoms with van der Waals surface area (Å²) in [5.41, 5.74) is 9.77. The summed E-state index contributed by atoms with van der Waals surface area (Å²) in [5.74, 6) is 0. The Hall–Kier alpha value is -0.870. The van der Waals surface area contributed by atoms with E-state index in [0.717, 1.165) is 45.3 Å². The Morgan fingerprint density at radius 1 is 1.28 bits per heavy atom. The quantitative estimate of drug-likeness (QED) is 0.869. The van der Waals surface area contributed by atoms with Gasteiger partial charge in [0.2, 0.25) is 0 Å². The number of rotatable bonds is 5. The van der Waals surface area contributed by atoms with E-state index >= 15 is 0 Å². The van der Waals surface area contributed by atoms with E-state index < -0.39 is 0 Å². The second-order valence-electron chi connectivity index (χ2n) is 4.91. The average molecular weight is 251 g/mol. The Morgan fingerprint density at radius 2 is 2.00 bits per heavy atom. The van der Waals surface area contributed by atoms with Crippen LogP contribution >= 0.6 is 0 Å². The highest BCUT2D eigenvalue weighted by atomic mass is 16.5. The van der Waals surface area contributed by atoms with Crippen LogP contribution in [0.5, 0.6) is 0 Å². The van der Waals surface area contributed by atoms with Gasteiger partial charge in [-0.1, -0.05) is 13.8 Å². The predicted octanol–water partition coefficient (Wildman–Crippen LogP) is 1.86. The summed E-state index contributed by atoms with van der Waals surface area (Å²) < 4.78 is 7.71. The predicted molar refractivity (Wildman–Crippen MR) is 72.8 cm³/mol. The maximum absolute atomic E-state index is 5.74. The van der Waals surface area contributed by atoms with Crippen LogP contribution in [0.15, 0.2) is 0 Å². The van der Waals surface area contributed by atoms with Gasteiger partial charge in [0.1, 0.15) is 0 Å². The smallest absolute Gasteiger partial charge is 0.0657 e. The van der Waals surface area contributed by atoms with Crippen molar-refractivity contribution >= 4 is 0 Å². The molecule has 102 valence electrons. The van der Waals surface area contributed by atoms with Gasteiger partial charge in [-0.25, -0.2) is 0 Å². The van der Waals surface area contributed by atoms with Crippen LogP contribution in [-0.4, -0.2) is 29.5 Å². The van der Waals surface area contributed by atoms with Gasteiger partial charge in [0.05, 0.1) is 11.7 Å². The molecule has 0 saturated carbocycles. The molecule has 2 N–H and O–H groups in total. The van der Waals surface area contributed by atoms with Gasteiger partial charge < -0.3 is 10.5 Å². The molecule has 2 heterocycles. The Kier molecular flexibility index (Phi) is 4.78. The lowest BCUT2D eigenvalue weighted by Gasteiger charge is -2.24. The first-order chi connectivity index (χ1) is 8.81. The number of ether oxygens (including phenoxy) is 1. The van der Waals surface area contributed by atoms with Crippen molar-refractivity contribution in [1.29, 1.82) is 0 Å². The van der Waals surface area contributed by atoms with Gasteiger partial charge in [0.15, 0.2) is 0 Å². The molecule has 1 aliphatic heterocycles. The van der Waals surface area contributed by atoms with Crippen molar-refractivity contribution in [1.82, 2.24) is 9.78 Å².